The highest BCUT2D eigenvalue weighted by molar-refractivity contribution is 6.02. The molecule has 0 bridgehead atoms. The molecule has 0 unspecified atom stereocenters. The fourth-order valence-corrected chi connectivity index (χ4v) is 8.22. The number of benzene rings is 8. The van der Waals surface area contributed by atoms with Crippen molar-refractivity contribution in [3.05, 3.63) is 214 Å². The molecule has 0 saturated carbocycles. The van der Waals surface area contributed by atoms with Gasteiger partial charge in [-0.1, -0.05) is 133 Å². The summed E-state index contributed by atoms with van der Waals surface area (Å²) in [6.07, 6.45) is 0.601. The Kier molecular flexibility index (Phi) is 7.74. The van der Waals surface area contributed by atoms with Crippen LogP contribution in [-0.4, -0.2) is 11.6 Å². The zero-order chi connectivity index (χ0) is 36.1. The van der Waals surface area contributed by atoms with Crippen molar-refractivity contribution in [2.75, 3.05) is 11.5 Å². The van der Waals surface area contributed by atoms with E-state index in [0.717, 1.165) is 43.8 Å². The first-order valence-electron chi connectivity index (χ1n) is 17.9. The predicted molar refractivity (Wildman–Crippen MR) is 217 cm³/mol. The smallest absolute Gasteiger partial charge is 0.167 e. The second kappa shape index (κ2) is 12.8. The van der Waals surface area contributed by atoms with E-state index in [1.807, 2.05) is 72.8 Å². The van der Waals surface area contributed by atoms with Crippen LogP contribution in [0.1, 0.15) is 54.1 Å². The monoisotopic (exact) mass is 684 g/mol. The van der Waals surface area contributed by atoms with Crippen LogP contribution in [0.3, 0.4) is 0 Å². The first kappa shape index (κ1) is 32.1. The summed E-state index contributed by atoms with van der Waals surface area (Å²) in [6, 6.07) is 57.4. The van der Waals surface area contributed by atoms with Gasteiger partial charge in [-0.25, -0.2) is 0 Å². The molecule has 0 saturated heterocycles. The van der Waals surface area contributed by atoms with Crippen molar-refractivity contribution in [1.82, 2.24) is 0 Å². The van der Waals surface area contributed by atoms with E-state index in [4.69, 9.17) is 11.5 Å². The Morgan fingerprint density at radius 3 is 1.23 bits per heavy atom. The lowest BCUT2D eigenvalue weighted by molar-refractivity contribution is 0.0985. The summed E-state index contributed by atoms with van der Waals surface area (Å²) >= 11 is 0. The van der Waals surface area contributed by atoms with Crippen LogP contribution in [0.15, 0.2) is 170 Å². The Bertz CT molecular complexity index is 2540. The zero-order valence-corrected chi connectivity index (χ0v) is 29.1. The predicted octanol–water partition coefficient (Wildman–Crippen LogP) is 10.4. The topological polar surface area (TPSA) is 86.2 Å². The minimum Gasteiger partial charge on any atom is -0.399 e. The van der Waals surface area contributed by atoms with Gasteiger partial charge in [-0.3, -0.25) is 9.59 Å². The molecule has 8 aromatic carbocycles. The van der Waals surface area contributed by atoms with Crippen LogP contribution in [0.4, 0.5) is 11.4 Å². The number of nitrogens with two attached hydrogens (primary N) is 2. The highest BCUT2D eigenvalue weighted by Crippen LogP contribution is 2.56. The Balaban J connectivity index is 1.06. The van der Waals surface area contributed by atoms with Gasteiger partial charge in [0, 0.05) is 35.3 Å². The first-order chi connectivity index (χ1) is 25.9. The normalized spacial score (nSPS) is 12.8. The van der Waals surface area contributed by atoms with Crippen molar-refractivity contribution < 1.29 is 9.59 Å². The largest absolute Gasteiger partial charge is 0.399 e. The summed E-state index contributed by atoms with van der Waals surface area (Å²) in [5.41, 5.74) is 23.1. The Labute approximate surface area is 308 Å². The molecule has 254 valence electrons. The molecular formula is C49H36N2O2. The van der Waals surface area contributed by atoms with Crippen molar-refractivity contribution in [3.8, 4) is 11.1 Å². The van der Waals surface area contributed by atoms with Crippen LogP contribution in [-0.2, 0) is 18.3 Å². The quantitative estimate of drug-likeness (QED) is 0.123. The molecule has 8 aromatic rings. The van der Waals surface area contributed by atoms with Crippen LogP contribution >= 0.6 is 0 Å². The average molecular weight is 685 g/mol. The Morgan fingerprint density at radius 2 is 0.792 bits per heavy atom. The van der Waals surface area contributed by atoms with Crippen LogP contribution in [0, 0.1) is 0 Å². The van der Waals surface area contributed by atoms with E-state index in [0.29, 0.717) is 35.3 Å². The number of ketones is 2. The highest BCUT2D eigenvalue weighted by Gasteiger charge is 2.45. The Hall–Kier alpha value is -6.78. The lowest BCUT2D eigenvalue weighted by Crippen LogP contribution is -2.28. The molecule has 0 amide bonds. The SMILES string of the molecule is Nc1ccc2cc(C(=O)Cc3ccc(C4(c5ccc(CC(=O)c6ccc7cc(N)ccc7c6)cc5)c5ccccc5-c5ccccc54)cc3)ccc2c1. The van der Waals surface area contributed by atoms with E-state index in [1.165, 1.54) is 22.3 Å². The van der Waals surface area contributed by atoms with Crippen LogP contribution in [0.2, 0.25) is 0 Å². The molecule has 9 rings (SSSR count). The minimum absolute atomic E-state index is 0.0706. The van der Waals surface area contributed by atoms with Gasteiger partial charge in [0.2, 0.25) is 0 Å². The van der Waals surface area contributed by atoms with Gasteiger partial charge in [0.15, 0.2) is 11.6 Å². The second-order valence-corrected chi connectivity index (χ2v) is 14.1. The van der Waals surface area contributed by atoms with Gasteiger partial charge in [0.25, 0.3) is 0 Å². The van der Waals surface area contributed by atoms with Gasteiger partial charge in [-0.2, -0.15) is 0 Å². The van der Waals surface area contributed by atoms with Gasteiger partial charge in [-0.15, -0.1) is 0 Å². The number of Topliss-reactive ketones (excluding diaryl/α,β-unsaturated/α-hetero) is 2. The summed E-state index contributed by atoms with van der Waals surface area (Å²) in [6.45, 7) is 0. The standard InChI is InChI=1S/C49H36N2O2/c50-41-23-17-33-27-37(15-13-35(33)29-41)47(52)25-31-9-19-39(20-10-31)49(45-7-3-1-5-43(45)44-6-2-4-8-46(44)49)40-21-11-32(12-22-40)26-48(53)38-16-14-36-30-42(51)24-18-34(36)28-38/h1-24,27-30H,25-26,50-51H2. The lowest BCUT2D eigenvalue weighted by atomic mass is 9.67. The third-order valence-corrected chi connectivity index (χ3v) is 10.8. The molecule has 0 aromatic heterocycles. The van der Waals surface area contributed by atoms with Gasteiger partial charge in [0.05, 0.1) is 5.41 Å². The van der Waals surface area contributed by atoms with Gasteiger partial charge >= 0.3 is 0 Å². The molecule has 1 aliphatic carbocycles. The van der Waals surface area contributed by atoms with E-state index < -0.39 is 5.41 Å². The number of hydrogen-bond donors (Lipinski definition) is 2. The lowest BCUT2D eigenvalue weighted by Gasteiger charge is -2.34. The van der Waals surface area contributed by atoms with E-state index >= 15 is 0 Å². The van der Waals surface area contributed by atoms with Crippen molar-refractivity contribution in [2.24, 2.45) is 0 Å². The number of fused-ring (bicyclic) bond motifs is 5. The van der Waals surface area contributed by atoms with Crippen LogP contribution < -0.4 is 11.5 Å². The minimum atomic E-state index is -0.585. The summed E-state index contributed by atoms with van der Waals surface area (Å²) < 4.78 is 0. The Morgan fingerprint density at radius 1 is 0.415 bits per heavy atom. The summed E-state index contributed by atoms with van der Waals surface area (Å²) in [4.78, 5) is 27.0. The van der Waals surface area contributed by atoms with Crippen molar-refractivity contribution in [2.45, 2.75) is 18.3 Å². The van der Waals surface area contributed by atoms with Gasteiger partial charge in [0.1, 0.15) is 0 Å². The third-order valence-electron chi connectivity index (χ3n) is 10.8. The van der Waals surface area contributed by atoms with Crippen molar-refractivity contribution in [1.29, 1.82) is 0 Å². The fraction of sp³-hybridized carbons (Fsp3) is 0.0612. The van der Waals surface area contributed by atoms with Crippen LogP contribution in [0.5, 0.6) is 0 Å². The van der Waals surface area contributed by atoms with Gasteiger partial charge in [-0.05, 0) is 102 Å². The molecule has 0 radical (unpaired) electrons. The average Bonchev–Trinajstić information content (AvgIpc) is 3.49. The molecule has 0 fully saturated rings. The van der Waals surface area contributed by atoms with E-state index in [9.17, 15) is 9.59 Å². The van der Waals surface area contributed by atoms with Crippen molar-refractivity contribution in [3.63, 3.8) is 0 Å². The number of carbonyl (C=O) groups excluding carboxylic acids is 2. The zero-order valence-electron chi connectivity index (χ0n) is 29.1. The van der Waals surface area contributed by atoms with Crippen LogP contribution in [0.25, 0.3) is 32.7 Å². The maximum atomic E-state index is 13.5. The summed E-state index contributed by atoms with van der Waals surface area (Å²) in [5.74, 6) is 0.141. The molecule has 0 atom stereocenters. The number of anilines is 2. The highest BCUT2D eigenvalue weighted by atomic mass is 16.1. The van der Waals surface area contributed by atoms with E-state index in [2.05, 4.69) is 97.1 Å². The number of carbonyl (C=O) groups is 2. The molecule has 53 heavy (non-hydrogen) atoms. The number of nitrogen functional groups attached to an aromatic ring is 2. The maximum Gasteiger partial charge on any atom is 0.167 e. The number of hydrogen-bond acceptors (Lipinski definition) is 4. The molecular weight excluding hydrogens is 649 g/mol. The summed E-state index contributed by atoms with van der Waals surface area (Å²) in [5, 5.41) is 4.03. The maximum absolute atomic E-state index is 13.5. The van der Waals surface area contributed by atoms with E-state index in [-0.39, 0.29) is 11.6 Å². The van der Waals surface area contributed by atoms with E-state index in [1.54, 1.807) is 0 Å². The molecule has 1 aliphatic rings. The molecule has 0 heterocycles. The molecule has 4 heteroatoms. The van der Waals surface area contributed by atoms with Crippen molar-refractivity contribution >= 4 is 44.5 Å². The first-order valence-corrected chi connectivity index (χ1v) is 17.9. The summed E-state index contributed by atoms with van der Waals surface area (Å²) in [7, 11) is 0. The molecule has 0 aliphatic heterocycles. The molecule has 4 nitrogen and oxygen atoms in total. The fourth-order valence-electron chi connectivity index (χ4n) is 8.22. The van der Waals surface area contributed by atoms with Gasteiger partial charge < -0.3 is 11.5 Å². The third kappa shape index (κ3) is 5.56. The second-order valence-electron chi connectivity index (χ2n) is 14.1. The number of rotatable bonds is 8. The molecule has 0 spiro atoms. The molecule has 4 N–H and O–H groups in total.